The molecule has 0 bridgehead atoms. The first-order valence-corrected chi connectivity index (χ1v) is 7.75. The van der Waals surface area contributed by atoms with Gasteiger partial charge in [-0.05, 0) is 19.3 Å². The topological polar surface area (TPSA) is 75.0 Å². The number of aromatic nitrogens is 2. The van der Waals surface area contributed by atoms with Crippen molar-refractivity contribution >= 4 is 11.6 Å². The molecule has 0 atom stereocenters. The first-order valence-electron chi connectivity index (χ1n) is 7.75. The van der Waals surface area contributed by atoms with Gasteiger partial charge in [0.05, 0.1) is 11.4 Å². The zero-order valence-electron chi connectivity index (χ0n) is 12.6. The van der Waals surface area contributed by atoms with Gasteiger partial charge in [-0.1, -0.05) is 39.0 Å². The molecule has 0 radical (unpaired) electrons. The fraction of sp³-hybridized carbons (Fsp3) is 0.733. The lowest BCUT2D eigenvalue weighted by Gasteiger charge is -2.26. The summed E-state index contributed by atoms with van der Waals surface area (Å²) in [5, 5.41) is 7.04. The molecule has 3 N–H and O–H groups in total. The van der Waals surface area contributed by atoms with E-state index in [2.05, 4.69) is 17.1 Å². The number of carbonyl (C=O) groups is 1. The van der Waals surface area contributed by atoms with Crippen molar-refractivity contribution in [2.45, 2.75) is 64.3 Å². The van der Waals surface area contributed by atoms with Crippen LogP contribution in [0.5, 0.6) is 0 Å². The van der Waals surface area contributed by atoms with E-state index < -0.39 is 0 Å². The van der Waals surface area contributed by atoms with Crippen molar-refractivity contribution in [2.24, 2.45) is 0 Å². The van der Waals surface area contributed by atoms with E-state index in [0.717, 1.165) is 31.4 Å². The molecule has 1 amide bonds. The van der Waals surface area contributed by atoms with Crippen molar-refractivity contribution in [3.63, 3.8) is 0 Å². The lowest BCUT2D eigenvalue weighted by atomic mass is 10.1. The third-order valence-electron chi connectivity index (χ3n) is 4.28. The van der Waals surface area contributed by atoms with Crippen LogP contribution < -0.4 is 5.73 Å². The van der Waals surface area contributed by atoms with Crippen LogP contribution in [-0.2, 0) is 6.42 Å². The Morgan fingerprint density at radius 1 is 1.35 bits per heavy atom. The van der Waals surface area contributed by atoms with Crippen LogP contribution in [0.1, 0.15) is 68.1 Å². The number of H-pyrrole nitrogens is 1. The number of hydrogen-bond donors (Lipinski definition) is 2. The molecule has 1 aromatic rings. The molecule has 1 heterocycles. The molecule has 0 aliphatic heterocycles. The number of nitrogen functional groups attached to an aromatic ring is 1. The van der Waals surface area contributed by atoms with Gasteiger partial charge in [0.2, 0.25) is 0 Å². The smallest absolute Gasteiger partial charge is 0.276 e. The maximum absolute atomic E-state index is 12.6. The zero-order valence-corrected chi connectivity index (χ0v) is 12.6. The summed E-state index contributed by atoms with van der Waals surface area (Å²) in [6.45, 7) is 2.08. The monoisotopic (exact) mass is 278 g/mol. The lowest BCUT2D eigenvalue weighted by Crippen LogP contribution is -2.37. The van der Waals surface area contributed by atoms with Crippen LogP contribution in [-0.4, -0.2) is 34.1 Å². The molecule has 1 aliphatic rings. The molecule has 1 saturated carbocycles. The fourth-order valence-electron chi connectivity index (χ4n) is 2.97. The average Bonchev–Trinajstić information content (AvgIpc) is 2.69. The van der Waals surface area contributed by atoms with Gasteiger partial charge in [-0.2, -0.15) is 5.10 Å². The Morgan fingerprint density at radius 3 is 2.60 bits per heavy atom. The van der Waals surface area contributed by atoms with Crippen LogP contribution in [0, 0.1) is 0 Å². The van der Waals surface area contributed by atoms with Gasteiger partial charge in [-0.25, -0.2) is 0 Å². The molecule has 0 saturated heterocycles. The Labute approximate surface area is 120 Å². The molecule has 5 heteroatoms. The summed E-state index contributed by atoms with van der Waals surface area (Å²) in [6, 6.07) is 0.329. The maximum Gasteiger partial charge on any atom is 0.276 e. The number of anilines is 1. The number of nitrogens with zero attached hydrogens (tertiary/aromatic N) is 2. The number of nitrogens with two attached hydrogens (primary N) is 1. The van der Waals surface area contributed by atoms with Gasteiger partial charge < -0.3 is 10.6 Å². The Hall–Kier alpha value is -1.52. The van der Waals surface area contributed by atoms with Crippen molar-refractivity contribution in [2.75, 3.05) is 12.8 Å². The highest BCUT2D eigenvalue weighted by atomic mass is 16.2. The van der Waals surface area contributed by atoms with E-state index in [9.17, 15) is 4.79 Å². The van der Waals surface area contributed by atoms with Gasteiger partial charge in [-0.15, -0.1) is 0 Å². The number of rotatable bonds is 4. The van der Waals surface area contributed by atoms with Crippen molar-refractivity contribution in [1.29, 1.82) is 0 Å². The fourth-order valence-corrected chi connectivity index (χ4v) is 2.97. The Balaban J connectivity index is 2.09. The normalized spacial score (nSPS) is 16.9. The van der Waals surface area contributed by atoms with E-state index in [4.69, 9.17) is 5.73 Å². The van der Waals surface area contributed by atoms with Crippen LogP contribution in [0.2, 0.25) is 0 Å². The SMILES string of the molecule is CCCc1[nH]nc(C(=O)N(C)C2CCCCCC2)c1N. The minimum atomic E-state index is -0.0481. The highest BCUT2D eigenvalue weighted by Crippen LogP contribution is 2.24. The molecule has 0 aromatic carbocycles. The van der Waals surface area contributed by atoms with Crippen LogP contribution >= 0.6 is 0 Å². The zero-order chi connectivity index (χ0) is 14.5. The summed E-state index contributed by atoms with van der Waals surface area (Å²) in [5.74, 6) is -0.0481. The predicted octanol–water partition coefficient (Wildman–Crippen LogP) is 2.74. The number of aromatic amines is 1. The first kappa shape index (κ1) is 14.9. The van der Waals surface area contributed by atoms with Crippen molar-refractivity contribution in [3.8, 4) is 0 Å². The van der Waals surface area contributed by atoms with Crippen molar-refractivity contribution < 1.29 is 4.79 Å². The van der Waals surface area contributed by atoms with Crippen molar-refractivity contribution in [3.05, 3.63) is 11.4 Å². The molecule has 20 heavy (non-hydrogen) atoms. The quantitative estimate of drug-likeness (QED) is 0.832. The molecule has 1 fully saturated rings. The highest BCUT2D eigenvalue weighted by Gasteiger charge is 2.26. The third-order valence-corrected chi connectivity index (χ3v) is 4.28. The minimum absolute atomic E-state index is 0.0481. The number of nitrogens with one attached hydrogen (secondary N) is 1. The summed E-state index contributed by atoms with van der Waals surface area (Å²) < 4.78 is 0. The summed E-state index contributed by atoms with van der Waals surface area (Å²) in [7, 11) is 1.88. The lowest BCUT2D eigenvalue weighted by molar-refractivity contribution is 0.0713. The third kappa shape index (κ3) is 3.14. The predicted molar refractivity (Wildman–Crippen MR) is 80.6 cm³/mol. The Morgan fingerprint density at radius 2 is 2.00 bits per heavy atom. The number of hydrogen-bond acceptors (Lipinski definition) is 3. The highest BCUT2D eigenvalue weighted by molar-refractivity contribution is 5.97. The van der Waals surface area contributed by atoms with E-state index in [1.54, 1.807) is 0 Å². The Kier molecular flexibility index (Phi) is 5.04. The second-order valence-corrected chi connectivity index (χ2v) is 5.78. The second kappa shape index (κ2) is 6.77. The summed E-state index contributed by atoms with van der Waals surface area (Å²) >= 11 is 0. The molecule has 0 unspecified atom stereocenters. The second-order valence-electron chi connectivity index (χ2n) is 5.78. The van der Waals surface area contributed by atoms with Gasteiger partial charge >= 0.3 is 0 Å². The van der Waals surface area contributed by atoms with Crippen LogP contribution in [0.25, 0.3) is 0 Å². The minimum Gasteiger partial charge on any atom is -0.395 e. The number of aryl methyl sites for hydroxylation is 1. The molecule has 0 spiro atoms. The molecule has 1 aromatic heterocycles. The van der Waals surface area contributed by atoms with Crippen molar-refractivity contribution in [1.82, 2.24) is 15.1 Å². The van der Waals surface area contributed by atoms with Gasteiger partial charge in [0.1, 0.15) is 0 Å². The van der Waals surface area contributed by atoms with Gasteiger partial charge in [-0.3, -0.25) is 9.89 Å². The summed E-state index contributed by atoms with van der Waals surface area (Å²) in [4.78, 5) is 14.4. The number of amides is 1. The van der Waals surface area contributed by atoms with Crippen LogP contribution in [0.15, 0.2) is 0 Å². The molecule has 112 valence electrons. The summed E-state index contributed by atoms with van der Waals surface area (Å²) in [5.41, 5.74) is 7.84. The van der Waals surface area contributed by atoms with Crippen LogP contribution in [0.4, 0.5) is 5.69 Å². The van der Waals surface area contributed by atoms with E-state index >= 15 is 0 Å². The maximum atomic E-state index is 12.6. The standard InChI is InChI=1S/C15H26N4O/c1-3-8-12-13(16)14(18-17-12)15(20)19(2)11-9-6-4-5-7-10-11/h11H,3-10,16H2,1-2H3,(H,17,18). The average molecular weight is 278 g/mol. The van der Waals surface area contributed by atoms with E-state index in [1.165, 1.54) is 25.7 Å². The Bertz CT molecular complexity index is 447. The molecule has 5 nitrogen and oxygen atoms in total. The first-order chi connectivity index (χ1) is 9.65. The largest absolute Gasteiger partial charge is 0.395 e. The molecule has 1 aliphatic carbocycles. The van der Waals surface area contributed by atoms with Gasteiger partial charge in [0.15, 0.2) is 5.69 Å². The molecular formula is C15H26N4O. The van der Waals surface area contributed by atoms with Gasteiger partial charge in [0, 0.05) is 13.1 Å². The van der Waals surface area contributed by atoms with Gasteiger partial charge in [0.25, 0.3) is 5.91 Å². The summed E-state index contributed by atoms with van der Waals surface area (Å²) in [6.07, 6.45) is 8.98. The van der Waals surface area contributed by atoms with E-state index in [1.807, 2.05) is 11.9 Å². The molecule has 2 rings (SSSR count). The number of carbonyl (C=O) groups excluding carboxylic acids is 1. The van der Waals surface area contributed by atoms with E-state index in [-0.39, 0.29) is 5.91 Å². The van der Waals surface area contributed by atoms with E-state index in [0.29, 0.717) is 17.4 Å². The molecular weight excluding hydrogens is 252 g/mol. The van der Waals surface area contributed by atoms with Crippen LogP contribution in [0.3, 0.4) is 0 Å².